The number of nitrogens with zero attached hydrogens (tertiary/aromatic N) is 3. The highest BCUT2D eigenvalue weighted by atomic mass is 32.1. The van der Waals surface area contributed by atoms with E-state index in [0.29, 0.717) is 5.92 Å². The highest BCUT2D eigenvalue weighted by Crippen LogP contribution is 2.21. The molecule has 1 saturated heterocycles. The van der Waals surface area contributed by atoms with Gasteiger partial charge in [0.25, 0.3) is 0 Å². The lowest BCUT2D eigenvalue weighted by Gasteiger charge is -2.32. The number of urea groups is 1. The lowest BCUT2D eigenvalue weighted by Crippen LogP contribution is -2.41. The molecule has 6 heteroatoms. The quantitative estimate of drug-likeness (QED) is 0.945. The number of likely N-dealkylation sites (tertiary alicyclic amines) is 1. The Morgan fingerprint density at radius 2 is 2.30 bits per heavy atom. The average molecular weight is 290 g/mol. The summed E-state index contributed by atoms with van der Waals surface area (Å²) in [6.45, 7) is 2.66. The molecule has 3 rings (SSSR count). The van der Waals surface area contributed by atoms with Gasteiger partial charge < -0.3 is 9.47 Å². The predicted octanol–water partition coefficient (Wildman–Crippen LogP) is 2.89. The maximum atomic E-state index is 12.1. The summed E-state index contributed by atoms with van der Waals surface area (Å²) in [6.07, 6.45) is 7.77. The zero-order valence-corrected chi connectivity index (χ0v) is 12.1. The standard InChI is InChI=1S/C14H18N4OS/c19-14(16-13-2-1-9-20-13)18-6-3-12(4-7-18)10-17-8-5-15-11-17/h1-2,5,8-9,11-12H,3-4,6-7,10H2,(H,16,19). The van der Waals surface area contributed by atoms with E-state index in [9.17, 15) is 4.79 Å². The van der Waals surface area contributed by atoms with Crippen LogP contribution in [-0.2, 0) is 6.54 Å². The fraction of sp³-hybridized carbons (Fsp3) is 0.429. The second-order valence-electron chi connectivity index (χ2n) is 5.10. The Labute approximate surface area is 122 Å². The average Bonchev–Trinajstić information content (AvgIpc) is 3.13. The van der Waals surface area contributed by atoms with Gasteiger partial charge in [-0.25, -0.2) is 9.78 Å². The van der Waals surface area contributed by atoms with Crippen molar-refractivity contribution in [2.45, 2.75) is 19.4 Å². The number of aromatic nitrogens is 2. The minimum atomic E-state index is 0.0218. The van der Waals surface area contributed by atoms with Crippen LogP contribution in [0.15, 0.2) is 36.2 Å². The molecule has 0 spiro atoms. The fourth-order valence-corrected chi connectivity index (χ4v) is 3.15. The van der Waals surface area contributed by atoms with Gasteiger partial charge in [-0.1, -0.05) is 0 Å². The molecule has 0 saturated carbocycles. The highest BCUT2D eigenvalue weighted by molar-refractivity contribution is 7.14. The molecule has 20 heavy (non-hydrogen) atoms. The minimum absolute atomic E-state index is 0.0218. The van der Waals surface area contributed by atoms with Gasteiger partial charge in [-0.05, 0) is 36.3 Å². The van der Waals surface area contributed by atoms with Crippen molar-refractivity contribution in [3.63, 3.8) is 0 Å². The van der Waals surface area contributed by atoms with E-state index in [1.54, 1.807) is 11.3 Å². The van der Waals surface area contributed by atoms with E-state index in [1.165, 1.54) is 0 Å². The van der Waals surface area contributed by atoms with Crippen LogP contribution in [0.5, 0.6) is 0 Å². The lowest BCUT2D eigenvalue weighted by molar-refractivity contribution is 0.177. The zero-order chi connectivity index (χ0) is 13.8. The third-order valence-corrected chi connectivity index (χ3v) is 4.47. The number of rotatable bonds is 3. The van der Waals surface area contributed by atoms with E-state index >= 15 is 0 Å². The number of hydrogen-bond donors (Lipinski definition) is 1. The van der Waals surface area contributed by atoms with Crippen molar-refractivity contribution in [3.8, 4) is 0 Å². The first-order valence-corrected chi connectivity index (χ1v) is 7.74. The second-order valence-corrected chi connectivity index (χ2v) is 6.05. The Morgan fingerprint density at radius 1 is 1.45 bits per heavy atom. The van der Waals surface area contributed by atoms with Gasteiger partial charge in [0, 0.05) is 32.0 Å². The molecule has 1 aliphatic heterocycles. The van der Waals surface area contributed by atoms with Gasteiger partial charge in [0.2, 0.25) is 0 Å². The van der Waals surface area contributed by atoms with Gasteiger partial charge >= 0.3 is 6.03 Å². The van der Waals surface area contributed by atoms with Crippen LogP contribution >= 0.6 is 11.3 Å². The molecular weight excluding hydrogens is 272 g/mol. The number of hydrogen-bond acceptors (Lipinski definition) is 3. The minimum Gasteiger partial charge on any atom is -0.337 e. The molecule has 2 amide bonds. The zero-order valence-electron chi connectivity index (χ0n) is 11.2. The normalized spacial score (nSPS) is 16.3. The monoisotopic (exact) mass is 290 g/mol. The van der Waals surface area contributed by atoms with E-state index in [2.05, 4.69) is 14.9 Å². The summed E-state index contributed by atoms with van der Waals surface area (Å²) in [6, 6.07) is 3.89. The Bertz CT molecular complexity index is 530. The topological polar surface area (TPSA) is 50.2 Å². The van der Waals surface area contributed by atoms with Crippen LogP contribution in [-0.4, -0.2) is 33.6 Å². The molecule has 1 fully saturated rings. The van der Waals surface area contributed by atoms with Gasteiger partial charge in [0.05, 0.1) is 11.3 Å². The largest absolute Gasteiger partial charge is 0.337 e. The summed E-state index contributed by atoms with van der Waals surface area (Å²) in [4.78, 5) is 18.1. The summed E-state index contributed by atoms with van der Waals surface area (Å²) < 4.78 is 2.12. The maximum Gasteiger partial charge on any atom is 0.322 e. The molecule has 1 N–H and O–H groups in total. The van der Waals surface area contributed by atoms with Crippen LogP contribution < -0.4 is 5.32 Å². The van der Waals surface area contributed by atoms with Gasteiger partial charge in [0.1, 0.15) is 0 Å². The first-order chi connectivity index (χ1) is 9.81. The third-order valence-electron chi connectivity index (χ3n) is 3.68. The Morgan fingerprint density at radius 3 is 2.95 bits per heavy atom. The number of nitrogens with one attached hydrogen (secondary N) is 1. The summed E-state index contributed by atoms with van der Waals surface area (Å²) in [5.74, 6) is 0.634. The van der Waals surface area contributed by atoms with Crippen molar-refractivity contribution in [1.29, 1.82) is 0 Å². The lowest BCUT2D eigenvalue weighted by atomic mass is 9.97. The molecule has 0 aromatic carbocycles. The van der Waals surface area contributed by atoms with Gasteiger partial charge in [-0.2, -0.15) is 0 Å². The highest BCUT2D eigenvalue weighted by Gasteiger charge is 2.23. The fourth-order valence-electron chi connectivity index (χ4n) is 2.55. The smallest absolute Gasteiger partial charge is 0.322 e. The van der Waals surface area contributed by atoms with Crippen molar-refractivity contribution in [2.75, 3.05) is 18.4 Å². The van der Waals surface area contributed by atoms with Crippen LogP contribution in [0.25, 0.3) is 0 Å². The molecule has 106 valence electrons. The molecule has 3 heterocycles. The first-order valence-electron chi connectivity index (χ1n) is 6.86. The SMILES string of the molecule is O=C(Nc1cccs1)N1CCC(Cn2ccnc2)CC1. The number of amides is 2. The number of imidazole rings is 1. The molecule has 5 nitrogen and oxygen atoms in total. The number of thiophene rings is 1. The number of anilines is 1. The summed E-state index contributed by atoms with van der Waals surface area (Å²) in [7, 11) is 0. The van der Waals surface area contributed by atoms with Gasteiger partial charge in [-0.15, -0.1) is 11.3 Å². The molecule has 1 aliphatic rings. The second kappa shape index (κ2) is 6.09. The summed E-state index contributed by atoms with van der Waals surface area (Å²) >= 11 is 1.55. The van der Waals surface area contributed by atoms with Crippen molar-refractivity contribution in [3.05, 3.63) is 36.2 Å². The van der Waals surface area contributed by atoms with Crippen molar-refractivity contribution >= 4 is 22.4 Å². The van der Waals surface area contributed by atoms with Crippen LogP contribution in [0.1, 0.15) is 12.8 Å². The molecule has 2 aromatic rings. The number of piperidine rings is 1. The van der Waals surface area contributed by atoms with Crippen molar-refractivity contribution in [2.24, 2.45) is 5.92 Å². The summed E-state index contributed by atoms with van der Waals surface area (Å²) in [5, 5.41) is 5.82. The Balaban J connectivity index is 1.47. The van der Waals surface area contributed by atoms with E-state index in [0.717, 1.165) is 37.5 Å². The first kappa shape index (κ1) is 13.2. The van der Waals surface area contributed by atoms with Crippen LogP contribution in [0.3, 0.4) is 0 Å². The van der Waals surface area contributed by atoms with E-state index in [4.69, 9.17) is 0 Å². The van der Waals surface area contributed by atoms with E-state index in [-0.39, 0.29) is 6.03 Å². The third kappa shape index (κ3) is 3.19. The molecule has 0 bridgehead atoms. The number of carbonyl (C=O) groups excluding carboxylic acids is 1. The predicted molar refractivity (Wildman–Crippen MR) is 79.9 cm³/mol. The van der Waals surface area contributed by atoms with E-state index < -0.39 is 0 Å². The Kier molecular flexibility index (Phi) is 4.01. The maximum absolute atomic E-state index is 12.1. The van der Waals surface area contributed by atoms with Gasteiger partial charge in [0.15, 0.2) is 0 Å². The van der Waals surface area contributed by atoms with Crippen LogP contribution in [0.2, 0.25) is 0 Å². The molecule has 2 aromatic heterocycles. The number of carbonyl (C=O) groups is 1. The van der Waals surface area contributed by atoms with Crippen molar-refractivity contribution < 1.29 is 4.79 Å². The van der Waals surface area contributed by atoms with Crippen molar-refractivity contribution in [1.82, 2.24) is 14.5 Å². The molecule has 0 atom stereocenters. The molecule has 0 aliphatic carbocycles. The van der Waals surface area contributed by atoms with Crippen LogP contribution in [0, 0.1) is 5.92 Å². The van der Waals surface area contributed by atoms with Crippen LogP contribution in [0.4, 0.5) is 9.80 Å². The molecule has 0 unspecified atom stereocenters. The molecular formula is C14H18N4OS. The molecule has 0 radical (unpaired) electrons. The Hall–Kier alpha value is -1.82. The van der Waals surface area contributed by atoms with Gasteiger partial charge in [-0.3, -0.25) is 5.32 Å². The summed E-state index contributed by atoms with van der Waals surface area (Å²) in [5.41, 5.74) is 0. The van der Waals surface area contributed by atoms with E-state index in [1.807, 2.05) is 41.1 Å².